The highest BCUT2D eigenvalue weighted by atomic mass is 14.9. The van der Waals surface area contributed by atoms with Gasteiger partial charge in [-0.1, -0.05) is 31.0 Å². The maximum absolute atomic E-state index is 3.71. The van der Waals surface area contributed by atoms with Gasteiger partial charge in [-0.25, -0.2) is 0 Å². The summed E-state index contributed by atoms with van der Waals surface area (Å²) in [5.74, 6) is 0.708. The second kappa shape index (κ2) is 5.09. The van der Waals surface area contributed by atoms with Crippen LogP contribution in [-0.4, -0.2) is 19.1 Å². The van der Waals surface area contributed by atoms with E-state index in [2.05, 4.69) is 34.9 Å². The molecule has 2 heteroatoms. The van der Waals surface area contributed by atoms with Gasteiger partial charge in [-0.2, -0.15) is 0 Å². The van der Waals surface area contributed by atoms with Gasteiger partial charge in [0.25, 0.3) is 0 Å². The first kappa shape index (κ1) is 11.1. The van der Waals surface area contributed by atoms with Crippen LogP contribution in [0.5, 0.6) is 0 Å². The Morgan fingerprint density at radius 2 is 2.00 bits per heavy atom. The lowest BCUT2D eigenvalue weighted by Gasteiger charge is -2.14. The summed E-state index contributed by atoms with van der Waals surface area (Å²) in [6.45, 7) is 2.29. The van der Waals surface area contributed by atoms with Gasteiger partial charge in [0.1, 0.15) is 0 Å². The molecule has 0 bridgehead atoms. The molecule has 1 heterocycles. The summed E-state index contributed by atoms with van der Waals surface area (Å²) in [5, 5.41) is 7.21. The van der Waals surface area contributed by atoms with Crippen LogP contribution < -0.4 is 10.6 Å². The zero-order chi connectivity index (χ0) is 11.5. The molecule has 2 nitrogen and oxygen atoms in total. The van der Waals surface area contributed by atoms with Crippen LogP contribution >= 0.6 is 0 Å². The van der Waals surface area contributed by atoms with E-state index in [0.29, 0.717) is 5.92 Å². The molecule has 0 amide bonds. The second-order valence-electron chi connectivity index (χ2n) is 5.39. The summed E-state index contributed by atoms with van der Waals surface area (Å²) >= 11 is 0. The van der Waals surface area contributed by atoms with Gasteiger partial charge in [0.15, 0.2) is 0 Å². The Balaban J connectivity index is 1.50. The Morgan fingerprint density at radius 1 is 1.18 bits per heavy atom. The fourth-order valence-electron chi connectivity index (χ4n) is 3.21. The summed E-state index contributed by atoms with van der Waals surface area (Å²) in [6, 6.07) is 9.54. The Labute approximate surface area is 104 Å². The Hall–Kier alpha value is -1.02. The zero-order valence-electron chi connectivity index (χ0n) is 10.4. The van der Waals surface area contributed by atoms with Crippen LogP contribution in [0.25, 0.3) is 0 Å². The SMILES string of the molecule is c1ccc2c(c1)NCC2CCNC1CCCC1. The third-order valence-electron chi connectivity index (χ3n) is 4.22. The summed E-state index contributed by atoms with van der Waals surface area (Å²) in [4.78, 5) is 0. The molecule has 1 aromatic rings. The molecule has 92 valence electrons. The standard InChI is InChI=1S/C15H22N2/c1-2-6-13(5-1)16-10-9-12-11-17-15-8-4-3-7-14(12)15/h3-4,7-8,12-13,16-17H,1-2,5-6,9-11H2. The molecule has 2 aliphatic rings. The molecule has 17 heavy (non-hydrogen) atoms. The molecule has 1 aromatic carbocycles. The molecular formula is C15H22N2. The van der Waals surface area contributed by atoms with Crippen molar-refractivity contribution in [1.29, 1.82) is 0 Å². The van der Waals surface area contributed by atoms with E-state index in [1.54, 1.807) is 0 Å². The van der Waals surface area contributed by atoms with Crippen molar-refractivity contribution in [2.45, 2.75) is 44.1 Å². The summed E-state index contributed by atoms with van der Waals surface area (Å²) in [5.41, 5.74) is 2.86. The monoisotopic (exact) mass is 230 g/mol. The van der Waals surface area contributed by atoms with Gasteiger partial charge in [-0.3, -0.25) is 0 Å². The van der Waals surface area contributed by atoms with E-state index in [0.717, 1.165) is 12.6 Å². The highest BCUT2D eigenvalue weighted by molar-refractivity contribution is 5.57. The first-order chi connectivity index (χ1) is 8.43. The lowest BCUT2D eigenvalue weighted by atomic mass is 9.98. The number of anilines is 1. The van der Waals surface area contributed by atoms with Crippen LogP contribution in [0.15, 0.2) is 24.3 Å². The number of rotatable bonds is 4. The van der Waals surface area contributed by atoms with Crippen molar-refractivity contribution < 1.29 is 0 Å². The van der Waals surface area contributed by atoms with Crippen molar-refractivity contribution in [1.82, 2.24) is 5.32 Å². The predicted octanol–water partition coefficient (Wildman–Crippen LogP) is 3.12. The minimum atomic E-state index is 0.708. The van der Waals surface area contributed by atoms with Crippen LogP contribution in [0.3, 0.4) is 0 Å². The number of hydrogen-bond donors (Lipinski definition) is 2. The van der Waals surface area contributed by atoms with Gasteiger partial charge < -0.3 is 10.6 Å². The van der Waals surface area contributed by atoms with E-state index in [-0.39, 0.29) is 0 Å². The lowest BCUT2D eigenvalue weighted by Crippen LogP contribution is -2.28. The van der Waals surface area contributed by atoms with Crippen molar-refractivity contribution in [3.05, 3.63) is 29.8 Å². The van der Waals surface area contributed by atoms with Crippen LogP contribution in [0.1, 0.15) is 43.6 Å². The van der Waals surface area contributed by atoms with E-state index in [1.165, 1.54) is 49.9 Å². The molecule has 0 saturated heterocycles. The van der Waals surface area contributed by atoms with E-state index in [1.807, 2.05) is 0 Å². The maximum atomic E-state index is 3.71. The van der Waals surface area contributed by atoms with Gasteiger partial charge in [0.05, 0.1) is 0 Å². The van der Waals surface area contributed by atoms with Crippen molar-refractivity contribution in [2.75, 3.05) is 18.4 Å². The van der Waals surface area contributed by atoms with E-state index in [9.17, 15) is 0 Å². The lowest BCUT2D eigenvalue weighted by molar-refractivity contribution is 0.497. The molecule has 1 aliphatic carbocycles. The van der Waals surface area contributed by atoms with Crippen molar-refractivity contribution >= 4 is 5.69 Å². The van der Waals surface area contributed by atoms with Crippen LogP contribution in [-0.2, 0) is 0 Å². The second-order valence-corrected chi connectivity index (χ2v) is 5.39. The van der Waals surface area contributed by atoms with Gasteiger partial charge >= 0.3 is 0 Å². The molecule has 0 spiro atoms. The molecule has 1 fully saturated rings. The summed E-state index contributed by atoms with van der Waals surface area (Å²) in [7, 11) is 0. The summed E-state index contributed by atoms with van der Waals surface area (Å²) in [6.07, 6.45) is 6.89. The Morgan fingerprint density at radius 3 is 2.88 bits per heavy atom. The van der Waals surface area contributed by atoms with Gasteiger partial charge in [-0.15, -0.1) is 0 Å². The zero-order valence-corrected chi connectivity index (χ0v) is 10.4. The predicted molar refractivity (Wildman–Crippen MR) is 72.5 cm³/mol. The first-order valence-electron chi connectivity index (χ1n) is 6.99. The Kier molecular flexibility index (Phi) is 3.32. The van der Waals surface area contributed by atoms with Gasteiger partial charge in [0.2, 0.25) is 0 Å². The minimum absolute atomic E-state index is 0.708. The quantitative estimate of drug-likeness (QED) is 0.830. The van der Waals surface area contributed by atoms with E-state index < -0.39 is 0 Å². The van der Waals surface area contributed by atoms with Crippen LogP contribution in [0.2, 0.25) is 0 Å². The fraction of sp³-hybridized carbons (Fsp3) is 0.600. The molecule has 1 atom stereocenters. The molecule has 1 aliphatic heterocycles. The van der Waals surface area contributed by atoms with Gasteiger partial charge in [-0.05, 0) is 37.4 Å². The number of para-hydroxylation sites is 1. The van der Waals surface area contributed by atoms with Crippen molar-refractivity contribution in [2.24, 2.45) is 0 Å². The largest absolute Gasteiger partial charge is 0.384 e. The third-order valence-corrected chi connectivity index (χ3v) is 4.22. The number of fused-ring (bicyclic) bond motifs is 1. The highest BCUT2D eigenvalue weighted by Gasteiger charge is 2.21. The summed E-state index contributed by atoms with van der Waals surface area (Å²) < 4.78 is 0. The Bertz CT molecular complexity index is 369. The van der Waals surface area contributed by atoms with Crippen molar-refractivity contribution in [3.63, 3.8) is 0 Å². The highest BCUT2D eigenvalue weighted by Crippen LogP contribution is 2.32. The van der Waals surface area contributed by atoms with E-state index >= 15 is 0 Å². The smallest absolute Gasteiger partial charge is 0.0376 e. The number of hydrogen-bond acceptors (Lipinski definition) is 2. The van der Waals surface area contributed by atoms with Crippen LogP contribution in [0.4, 0.5) is 5.69 Å². The normalized spacial score (nSPS) is 23.6. The average molecular weight is 230 g/mol. The third kappa shape index (κ3) is 2.47. The average Bonchev–Trinajstić information content (AvgIpc) is 2.99. The number of benzene rings is 1. The molecule has 0 radical (unpaired) electrons. The number of nitrogens with one attached hydrogen (secondary N) is 2. The van der Waals surface area contributed by atoms with Gasteiger partial charge in [0, 0.05) is 24.2 Å². The maximum Gasteiger partial charge on any atom is 0.0376 e. The topological polar surface area (TPSA) is 24.1 Å². The van der Waals surface area contributed by atoms with E-state index in [4.69, 9.17) is 0 Å². The molecule has 1 unspecified atom stereocenters. The van der Waals surface area contributed by atoms with Crippen LogP contribution in [0, 0.1) is 0 Å². The molecule has 0 aromatic heterocycles. The molecular weight excluding hydrogens is 208 g/mol. The molecule has 1 saturated carbocycles. The molecule has 3 rings (SSSR count). The fourth-order valence-corrected chi connectivity index (χ4v) is 3.21. The first-order valence-corrected chi connectivity index (χ1v) is 6.99. The minimum Gasteiger partial charge on any atom is -0.384 e. The molecule has 2 N–H and O–H groups in total. The van der Waals surface area contributed by atoms with Crippen molar-refractivity contribution in [3.8, 4) is 0 Å².